The van der Waals surface area contributed by atoms with Gasteiger partial charge in [0.05, 0.1) is 16.1 Å². The lowest BCUT2D eigenvalue weighted by Gasteiger charge is -2.29. The van der Waals surface area contributed by atoms with Crippen LogP contribution in [0.15, 0.2) is 77.7 Å². The highest BCUT2D eigenvalue weighted by Crippen LogP contribution is 2.31. The first-order valence-corrected chi connectivity index (χ1v) is 11.5. The van der Waals surface area contributed by atoms with E-state index in [-0.39, 0.29) is 16.6 Å². The average molecular weight is 422 g/mol. The summed E-state index contributed by atoms with van der Waals surface area (Å²) in [6.07, 6.45) is 0. The van der Waals surface area contributed by atoms with Gasteiger partial charge in [0.25, 0.3) is 0 Å². The number of carbonyl (C=O) groups excluding carboxylic acids is 1. The first-order chi connectivity index (χ1) is 14.1. The molecule has 156 valence electrons. The van der Waals surface area contributed by atoms with E-state index in [0.717, 1.165) is 16.7 Å². The van der Waals surface area contributed by atoms with Gasteiger partial charge in [0.1, 0.15) is 0 Å². The smallest absolute Gasteiger partial charge is 0.235 e. The maximum absolute atomic E-state index is 13.4. The first-order valence-electron chi connectivity index (χ1n) is 9.85. The van der Waals surface area contributed by atoms with Gasteiger partial charge in [0.15, 0.2) is 9.84 Å². The third-order valence-corrected chi connectivity index (χ3v) is 7.26. The van der Waals surface area contributed by atoms with Crippen molar-refractivity contribution in [2.24, 2.45) is 0 Å². The van der Waals surface area contributed by atoms with E-state index in [0.29, 0.717) is 11.3 Å². The Labute approximate surface area is 178 Å². The van der Waals surface area contributed by atoms with Crippen LogP contribution >= 0.6 is 0 Å². The average Bonchev–Trinajstić information content (AvgIpc) is 2.69. The Bertz CT molecular complexity index is 1150. The number of amides is 1. The Morgan fingerprint density at radius 2 is 1.40 bits per heavy atom. The van der Waals surface area contributed by atoms with E-state index in [1.165, 1.54) is 0 Å². The Balaban J connectivity index is 2.02. The van der Waals surface area contributed by atoms with Crippen molar-refractivity contribution in [3.8, 4) is 0 Å². The van der Waals surface area contributed by atoms with Gasteiger partial charge in [-0.1, -0.05) is 59.7 Å². The number of anilines is 1. The second-order valence-electron chi connectivity index (χ2n) is 8.09. The molecule has 0 fully saturated rings. The summed E-state index contributed by atoms with van der Waals surface area (Å²) in [6.45, 7) is 7.46. The summed E-state index contributed by atoms with van der Waals surface area (Å²) in [5.74, 6) is -0.684. The zero-order valence-electron chi connectivity index (χ0n) is 17.8. The maximum atomic E-state index is 13.4. The van der Waals surface area contributed by atoms with Crippen LogP contribution in [-0.2, 0) is 20.0 Å². The van der Waals surface area contributed by atoms with E-state index in [9.17, 15) is 13.2 Å². The van der Waals surface area contributed by atoms with E-state index in [1.807, 2.05) is 75.4 Å². The second kappa shape index (κ2) is 8.44. The molecular weight excluding hydrogens is 394 g/mol. The van der Waals surface area contributed by atoms with Crippen LogP contribution in [0.2, 0.25) is 0 Å². The quantitative estimate of drug-likeness (QED) is 0.610. The molecule has 3 aromatic carbocycles. The molecule has 1 atom stereocenters. The van der Waals surface area contributed by atoms with E-state index in [1.54, 1.807) is 25.1 Å². The van der Waals surface area contributed by atoms with Crippen LogP contribution in [0.3, 0.4) is 0 Å². The summed E-state index contributed by atoms with van der Waals surface area (Å²) >= 11 is 0. The Hall–Kier alpha value is -2.92. The molecule has 0 spiro atoms. The largest absolute Gasteiger partial charge is 0.325 e. The summed E-state index contributed by atoms with van der Waals surface area (Å²) < 4.78 is 26.5. The fourth-order valence-corrected chi connectivity index (χ4v) is 5.26. The monoisotopic (exact) mass is 421 g/mol. The number of benzene rings is 3. The normalized spacial score (nSPS) is 13.5. The Morgan fingerprint density at radius 1 is 0.833 bits per heavy atom. The van der Waals surface area contributed by atoms with E-state index >= 15 is 0 Å². The van der Waals surface area contributed by atoms with Gasteiger partial charge >= 0.3 is 0 Å². The summed E-state index contributed by atoms with van der Waals surface area (Å²) in [5.41, 5.74) is 3.02. The molecule has 0 aliphatic heterocycles. The molecule has 0 aliphatic carbocycles. The van der Waals surface area contributed by atoms with Gasteiger partial charge < -0.3 is 5.32 Å². The third-order valence-electron chi connectivity index (χ3n) is 5.33. The molecule has 0 radical (unpaired) electrons. The minimum absolute atomic E-state index is 0.226. The molecule has 0 saturated carbocycles. The van der Waals surface area contributed by atoms with Crippen LogP contribution in [0.5, 0.6) is 0 Å². The van der Waals surface area contributed by atoms with Crippen molar-refractivity contribution < 1.29 is 13.2 Å². The van der Waals surface area contributed by atoms with Gasteiger partial charge in [-0.25, -0.2) is 8.42 Å². The summed E-state index contributed by atoms with van der Waals surface area (Å²) in [5, 5.41) is 2.90. The van der Waals surface area contributed by atoms with Crippen LogP contribution in [0.25, 0.3) is 0 Å². The molecule has 0 heterocycles. The molecule has 1 N–H and O–H groups in total. The topological polar surface area (TPSA) is 63.2 Å². The summed E-state index contributed by atoms with van der Waals surface area (Å²) in [7, 11) is -3.70. The molecule has 0 aromatic heterocycles. The predicted octanol–water partition coefficient (Wildman–Crippen LogP) is 4.98. The fourth-order valence-electron chi connectivity index (χ4n) is 3.38. The Kier molecular flexibility index (Phi) is 6.13. The zero-order valence-corrected chi connectivity index (χ0v) is 18.6. The molecular formula is C25H27NO3S. The fraction of sp³-hybridized carbons (Fsp3) is 0.240. The zero-order chi connectivity index (χ0) is 21.9. The first kappa shape index (κ1) is 21.8. The standard InChI is InChI=1S/C25H27NO3S/c1-18-8-12-21(13-9-18)25(4,24(27)26-22-14-10-19(2)11-15-22)17-30(28,29)23-7-5-6-20(3)16-23/h5-16H,17H2,1-4H3,(H,26,27). The number of hydrogen-bond donors (Lipinski definition) is 1. The number of rotatable bonds is 6. The molecule has 30 heavy (non-hydrogen) atoms. The highest BCUT2D eigenvalue weighted by atomic mass is 32.2. The van der Waals surface area contributed by atoms with Gasteiger partial charge in [-0.3, -0.25) is 4.79 Å². The number of carbonyl (C=O) groups is 1. The van der Waals surface area contributed by atoms with Gasteiger partial charge in [-0.15, -0.1) is 0 Å². The maximum Gasteiger partial charge on any atom is 0.235 e. The summed E-state index contributed by atoms with van der Waals surface area (Å²) in [6, 6.07) is 21.7. The predicted molar refractivity (Wildman–Crippen MR) is 122 cm³/mol. The van der Waals surface area contributed by atoms with E-state index in [4.69, 9.17) is 0 Å². The molecule has 0 saturated heterocycles. The van der Waals surface area contributed by atoms with Gasteiger partial charge in [-0.05, 0) is 63.1 Å². The number of sulfone groups is 1. The molecule has 1 unspecified atom stereocenters. The molecule has 0 aliphatic rings. The van der Waals surface area contributed by atoms with Crippen molar-refractivity contribution >= 4 is 21.4 Å². The second-order valence-corrected chi connectivity index (χ2v) is 10.1. The van der Waals surface area contributed by atoms with Crippen LogP contribution < -0.4 is 5.32 Å². The van der Waals surface area contributed by atoms with Crippen molar-refractivity contribution in [1.29, 1.82) is 0 Å². The van der Waals surface area contributed by atoms with Crippen molar-refractivity contribution in [2.45, 2.75) is 38.0 Å². The lowest BCUT2D eigenvalue weighted by Crippen LogP contribution is -2.43. The molecule has 1 amide bonds. The van der Waals surface area contributed by atoms with Gasteiger partial charge in [-0.2, -0.15) is 0 Å². The molecule has 3 aromatic rings. The highest BCUT2D eigenvalue weighted by molar-refractivity contribution is 7.91. The van der Waals surface area contributed by atoms with Crippen LogP contribution in [-0.4, -0.2) is 20.1 Å². The lowest BCUT2D eigenvalue weighted by molar-refractivity contribution is -0.120. The van der Waals surface area contributed by atoms with Gasteiger partial charge in [0.2, 0.25) is 5.91 Å². The number of hydrogen-bond acceptors (Lipinski definition) is 3. The number of aryl methyl sites for hydroxylation is 3. The van der Waals surface area contributed by atoms with E-state index < -0.39 is 15.3 Å². The van der Waals surface area contributed by atoms with Gasteiger partial charge in [0, 0.05) is 5.69 Å². The highest BCUT2D eigenvalue weighted by Gasteiger charge is 2.40. The van der Waals surface area contributed by atoms with Crippen LogP contribution in [0.1, 0.15) is 29.2 Å². The molecule has 0 bridgehead atoms. The van der Waals surface area contributed by atoms with Crippen molar-refractivity contribution in [2.75, 3.05) is 11.1 Å². The van der Waals surface area contributed by atoms with Crippen molar-refractivity contribution in [3.05, 3.63) is 95.1 Å². The number of nitrogens with one attached hydrogen (secondary N) is 1. The van der Waals surface area contributed by atoms with Crippen molar-refractivity contribution in [1.82, 2.24) is 0 Å². The van der Waals surface area contributed by atoms with Crippen LogP contribution in [0, 0.1) is 20.8 Å². The molecule has 4 nitrogen and oxygen atoms in total. The lowest BCUT2D eigenvalue weighted by atomic mass is 9.83. The van der Waals surface area contributed by atoms with Crippen LogP contribution in [0.4, 0.5) is 5.69 Å². The summed E-state index contributed by atoms with van der Waals surface area (Å²) in [4.78, 5) is 13.6. The van der Waals surface area contributed by atoms with E-state index in [2.05, 4.69) is 5.32 Å². The van der Waals surface area contributed by atoms with Crippen molar-refractivity contribution in [3.63, 3.8) is 0 Å². The molecule has 5 heteroatoms. The minimum Gasteiger partial charge on any atom is -0.325 e. The Morgan fingerprint density at radius 3 is 1.97 bits per heavy atom. The molecule has 3 rings (SSSR count). The SMILES string of the molecule is Cc1ccc(NC(=O)C(C)(CS(=O)(=O)c2cccc(C)c2)c2ccc(C)cc2)cc1. The minimum atomic E-state index is -3.70. The third kappa shape index (κ3) is 4.79.